The fraction of sp³-hybridized carbons (Fsp3) is 0.429. The Morgan fingerprint density at radius 2 is 1.94 bits per heavy atom. The van der Waals surface area contributed by atoms with Crippen LogP contribution in [0.5, 0.6) is 5.75 Å². The van der Waals surface area contributed by atoms with E-state index in [9.17, 15) is 14.0 Å². The van der Waals surface area contributed by atoms with E-state index in [4.69, 9.17) is 4.74 Å². The minimum absolute atomic E-state index is 0.0574. The zero-order valence-corrected chi connectivity index (χ0v) is 19.8. The molecule has 34 heavy (non-hydrogen) atoms. The number of benzene rings is 2. The summed E-state index contributed by atoms with van der Waals surface area (Å²) in [5, 5.41) is 2.79. The number of nitrogens with one attached hydrogen (secondary N) is 1. The van der Waals surface area contributed by atoms with Crippen molar-refractivity contribution in [1.82, 2.24) is 10.2 Å². The Morgan fingerprint density at radius 1 is 1.21 bits per heavy atom. The van der Waals surface area contributed by atoms with Gasteiger partial charge in [-0.15, -0.1) is 6.58 Å². The van der Waals surface area contributed by atoms with E-state index in [1.54, 1.807) is 18.2 Å². The summed E-state index contributed by atoms with van der Waals surface area (Å²) < 4.78 is 19.8. The Hall–Kier alpha value is -3.15. The normalized spacial score (nSPS) is 18.8. The molecule has 2 unspecified atom stereocenters. The lowest BCUT2D eigenvalue weighted by atomic mass is 9.87. The predicted molar refractivity (Wildman–Crippen MR) is 130 cm³/mol. The second-order valence-corrected chi connectivity index (χ2v) is 9.13. The molecule has 6 heteroatoms. The highest BCUT2D eigenvalue weighted by molar-refractivity contribution is 5.81. The van der Waals surface area contributed by atoms with E-state index in [0.717, 1.165) is 48.8 Å². The third kappa shape index (κ3) is 5.16. The number of halogens is 1. The van der Waals surface area contributed by atoms with Gasteiger partial charge in [0.1, 0.15) is 11.6 Å². The van der Waals surface area contributed by atoms with Gasteiger partial charge in [-0.05, 0) is 66.6 Å². The van der Waals surface area contributed by atoms with E-state index < -0.39 is 6.10 Å². The summed E-state index contributed by atoms with van der Waals surface area (Å²) in [4.78, 5) is 27.9. The fourth-order valence-electron chi connectivity index (χ4n) is 5.09. The van der Waals surface area contributed by atoms with E-state index in [0.29, 0.717) is 25.3 Å². The van der Waals surface area contributed by atoms with Crippen molar-refractivity contribution < 1.29 is 18.7 Å². The van der Waals surface area contributed by atoms with Crippen LogP contribution in [0.3, 0.4) is 0 Å². The number of carbonyl (C=O) groups is 2. The van der Waals surface area contributed by atoms with Crippen LogP contribution in [0.1, 0.15) is 61.8 Å². The van der Waals surface area contributed by atoms with Gasteiger partial charge in [0, 0.05) is 19.0 Å². The van der Waals surface area contributed by atoms with Gasteiger partial charge in [-0.1, -0.05) is 44.0 Å². The largest absolute Gasteiger partial charge is 0.481 e. The van der Waals surface area contributed by atoms with E-state index >= 15 is 0 Å². The summed E-state index contributed by atoms with van der Waals surface area (Å²) in [5.74, 6) is 0.331. The highest BCUT2D eigenvalue weighted by Crippen LogP contribution is 2.40. The van der Waals surface area contributed by atoms with Crippen LogP contribution in [0, 0.1) is 11.7 Å². The maximum absolute atomic E-state index is 13.7. The number of hydrogen-bond acceptors (Lipinski definition) is 3. The molecule has 0 spiro atoms. The van der Waals surface area contributed by atoms with Gasteiger partial charge in [0.2, 0.25) is 5.91 Å². The van der Waals surface area contributed by atoms with Crippen molar-refractivity contribution in [2.45, 2.75) is 57.6 Å². The molecule has 2 aliphatic rings. The number of nitrogens with zero attached hydrogens (tertiary/aromatic N) is 1. The average molecular weight is 465 g/mol. The molecule has 2 aromatic rings. The van der Waals surface area contributed by atoms with Gasteiger partial charge < -0.3 is 15.0 Å². The third-order valence-corrected chi connectivity index (χ3v) is 6.88. The molecule has 2 atom stereocenters. The smallest absolute Gasteiger partial charge is 0.261 e. The van der Waals surface area contributed by atoms with Crippen molar-refractivity contribution in [2.24, 2.45) is 5.92 Å². The van der Waals surface area contributed by atoms with Gasteiger partial charge in [0.25, 0.3) is 5.91 Å². The van der Waals surface area contributed by atoms with Crippen LogP contribution in [0.2, 0.25) is 0 Å². The number of carbonyl (C=O) groups excluding carboxylic acids is 2. The Kier molecular flexibility index (Phi) is 7.66. The van der Waals surface area contributed by atoms with Gasteiger partial charge in [0.05, 0.1) is 6.04 Å². The second kappa shape index (κ2) is 10.9. The predicted octanol–water partition coefficient (Wildman–Crippen LogP) is 4.95. The Balaban J connectivity index is 1.67. The molecule has 1 saturated carbocycles. The highest BCUT2D eigenvalue weighted by atomic mass is 19.1. The summed E-state index contributed by atoms with van der Waals surface area (Å²) >= 11 is 0. The molecule has 0 bridgehead atoms. The van der Waals surface area contributed by atoms with Gasteiger partial charge in [-0.25, -0.2) is 4.39 Å². The van der Waals surface area contributed by atoms with Crippen LogP contribution in [0.15, 0.2) is 55.1 Å². The molecule has 1 N–H and O–H groups in total. The van der Waals surface area contributed by atoms with Crippen molar-refractivity contribution in [3.8, 4) is 5.75 Å². The van der Waals surface area contributed by atoms with Gasteiger partial charge in [0.15, 0.2) is 6.10 Å². The van der Waals surface area contributed by atoms with Crippen LogP contribution >= 0.6 is 0 Å². The Labute approximate surface area is 201 Å². The first-order valence-corrected chi connectivity index (χ1v) is 12.3. The zero-order valence-electron chi connectivity index (χ0n) is 19.8. The molecule has 1 aliphatic carbocycles. The molecule has 2 amide bonds. The quantitative estimate of drug-likeness (QED) is 0.563. The second-order valence-electron chi connectivity index (χ2n) is 9.13. The number of ether oxygens (including phenoxy) is 1. The van der Waals surface area contributed by atoms with E-state index in [1.165, 1.54) is 12.1 Å². The summed E-state index contributed by atoms with van der Waals surface area (Å²) in [6, 6.07) is 11.9. The van der Waals surface area contributed by atoms with Crippen molar-refractivity contribution >= 4 is 11.8 Å². The number of rotatable bonds is 8. The first-order chi connectivity index (χ1) is 16.5. The highest BCUT2D eigenvalue weighted by Gasteiger charge is 2.36. The maximum atomic E-state index is 13.7. The average Bonchev–Trinajstić information content (AvgIpc) is 3.40. The molecule has 0 aromatic heterocycles. The molecular formula is C28H33FN2O3. The van der Waals surface area contributed by atoms with E-state index in [2.05, 4.69) is 11.9 Å². The lowest BCUT2D eigenvalue weighted by Gasteiger charge is -2.39. The SMILES string of the molecule is C=CCNC(=O)C(CC)Oc1ccc2c(c1)C(c1ccc(F)cc1)N(C(=O)C1CCCC1)CC2. The maximum Gasteiger partial charge on any atom is 0.261 e. The summed E-state index contributed by atoms with van der Waals surface area (Å²) in [5.41, 5.74) is 2.99. The van der Waals surface area contributed by atoms with Gasteiger partial charge in [-0.2, -0.15) is 0 Å². The molecule has 1 heterocycles. The van der Waals surface area contributed by atoms with Crippen molar-refractivity contribution in [2.75, 3.05) is 13.1 Å². The molecule has 2 aromatic carbocycles. The van der Waals surface area contributed by atoms with Crippen molar-refractivity contribution in [3.05, 3.63) is 77.6 Å². The monoisotopic (exact) mass is 464 g/mol. The summed E-state index contributed by atoms with van der Waals surface area (Å²) in [6.45, 7) is 6.55. The summed E-state index contributed by atoms with van der Waals surface area (Å²) in [7, 11) is 0. The molecule has 1 aliphatic heterocycles. The first-order valence-electron chi connectivity index (χ1n) is 12.3. The summed E-state index contributed by atoms with van der Waals surface area (Å²) in [6.07, 6.45) is 6.32. The van der Waals surface area contributed by atoms with Crippen LogP contribution in [-0.4, -0.2) is 35.9 Å². The van der Waals surface area contributed by atoms with Crippen molar-refractivity contribution in [1.29, 1.82) is 0 Å². The van der Waals surface area contributed by atoms with Crippen LogP contribution < -0.4 is 10.1 Å². The van der Waals surface area contributed by atoms with Gasteiger partial charge >= 0.3 is 0 Å². The Bertz CT molecular complexity index is 1030. The molecule has 180 valence electrons. The number of fused-ring (bicyclic) bond motifs is 1. The van der Waals surface area contributed by atoms with E-state index in [1.807, 2.05) is 30.0 Å². The molecule has 5 nitrogen and oxygen atoms in total. The standard InChI is InChI=1S/C28H33FN2O3/c1-3-16-30-27(32)25(4-2)34-23-14-11-19-15-17-31(28(33)21-7-5-6-8-21)26(24(19)18-23)20-9-12-22(29)13-10-20/h3,9-14,18,21,25-26H,1,4-8,15-17H2,2H3,(H,30,32). The number of hydrogen-bond donors (Lipinski definition) is 1. The van der Waals surface area contributed by atoms with Gasteiger partial charge in [-0.3, -0.25) is 9.59 Å². The first kappa shape index (κ1) is 24.0. The fourth-order valence-corrected chi connectivity index (χ4v) is 5.09. The number of amides is 2. The lowest BCUT2D eigenvalue weighted by Crippen LogP contribution is -2.43. The van der Waals surface area contributed by atoms with E-state index in [-0.39, 0.29) is 29.6 Å². The van der Waals surface area contributed by atoms with Crippen LogP contribution in [0.25, 0.3) is 0 Å². The molecule has 0 radical (unpaired) electrons. The zero-order chi connectivity index (χ0) is 24.1. The lowest BCUT2D eigenvalue weighted by molar-refractivity contribution is -0.137. The molecule has 4 rings (SSSR count). The minimum atomic E-state index is -0.623. The third-order valence-electron chi connectivity index (χ3n) is 6.88. The molecule has 0 saturated heterocycles. The topological polar surface area (TPSA) is 58.6 Å². The Morgan fingerprint density at radius 3 is 2.62 bits per heavy atom. The minimum Gasteiger partial charge on any atom is -0.481 e. The van der Waals surface area contributed by atoms with Crippen LogP contribution in [-0.2, 0) is 16.0 Å². The molecule has 1 fully saturated rings. The van der Waals surface area contributed by atoms with Crippen molar-refractivity contribution in [3.63, 3.8) is 0 Å². The molecular weight excluding hydrogens is 431 g/mol. The van der Waals surface area contributed by atoms with Crippen LogP contribution in [0.4, 0.5) is 4.39 Å².